The number of rotatable bonds is 4. The lowest BCUT2D eigenvalue weighted by molar-refractivity contribution is -0.116. The molecule has 94 valence electrons. The number of carbonyl (C=O) groups excluding carboxylic acids is 1. The van der Waals surface area contributed by atoms with Gasteiger partial charge in [-0.1, -0.05) is 12.1 Å². The summed E-state index contributed by atoms with van der Waals surface area (Å²) in [5, 5.41) is 0. The molecule has 17 heavy (non-hydrogen) atoms. The average Bonchev–Trinajstić information content (AvgIpc) is 2.14. The van der Waals surface area contributed by atoms with Crippen LogP contribution in [0.4, 0.5) is 13.2 Å². The van der Waals surface area contributed by atoms with E-state index in [0.717, 1.165) is 0 Å². The number of Topliss-reactive ketones (excluding diaryl/α,β-unsaturated/α-hetero) is 1. The minimum atomic E-state index is -4.35. The molecule has 0 atom stereocenters. The predicted molar refractivity (Wildman–Crippen MR) is 62.3 cm³/mol. The van der Waals surface area contributed by atoms with Gasteiger partial charge < -0.3 is 0 Å². The number of halogens is 4. The van der Waals surface area contributed by atoms with Crippen LogP contribution in [0.1, 0.15) is 18.1 Å². The minimum absolute atomic E-state index is 0.0398. The fourth-order valence-electron chi connectivity index (χ4n) is 1.42. The van der Waals surface area contributed by atoms with Gasteiger partial charge in [0.25, 0.3) is 0 Å². The van der Waals surface area contributed by atoms with E-state index in [-0.39, 0.29) is 34.7 Å². The van der Waals surface area contributed by atoms with E-state index in [4.69, 9.17) is 11.6 Å². The summed E-state index contributed by atoms with van der Waals surface area (Å²) >= 11 is 5.45. The molecule has 1 rings (SSSR count). The summed E-state index contributed by atoms with van der Waals surface area (Å²) in [6, 6.07) is 4.49. The molecule has 6 heteroatoms. The Morgan fingerprint density at radius 3 is 2.53 bits per heavy atom. The molecule has 0 amide bonds. The lowest BCUT2D eigenvalue weighted by Gasteiger charge is -2.12. The van der Waals surface area contributed by atoms with Crippen molar-refractivity contribution in [3.05, 3.63) is 29.3 Å². The Bertz CT molecular complexity index is 418. The molecule has 0 aliphatic rings. The number of hydrogen-bond donors (Lipinski definition) is 0. The molecular formula is C11H10ClF3OS. The molecule has 0 N–H and O–H groups in total. The number of hydrogen-bond acceptors (Lipinski definition) is 2. The fraction of sp³-hybridized carbons (Fsp3) is 0.364. The Morgan fingerprint density at radius 1 is 1.41 bits per heavy atom. The molecule has 0 aromatic heterocycles. The lowest BCUT2D eigenvalue weighted by atomic mass is 10.0. The summed E-state index contributed by atoms with van der Waals surface area (Å²) in [6.07, 6.45) is 0.105. The van der Waals surface area contributed by atoms with Crippen molar-refractivity contribution in [3.63, 3.8) is 0 Å². The van der Waals surface area contributed by atoms with Gasteiger partial charge in [-0.05, 0) is 35.9 Å². The first-order valence-corrected chi connectivity index (χ1v) is 6.10. The van der Waals surface area contributed by atoms with Gasteiger partial charge in [-0.25, -0.2) is 0 Å². The first kappa shape index (κ1) is 14.4. The zero-order valence-electron chi connectivity index (χ0n) is 8.97. The second-order valence-electron chi connectivity index (χ2n) is 3.45. The van der Waals surface area contributed by atoms with Gasteiger partial charge in [0.15, 0.2) is 0 Å². The number of alkyl halides is 4. The molecule has 0 aliphatic heterocycles. The standard InChI is InChI=1S/C11H10ClF3OS/c1-7(16)5-8-3-2-4-10(9(8)6-12)17-11(13,14)15/h2-4H,5-6H2,1H3. The predicted octanol–water partition coefficient (Wildman–Crippen LogP) is 4.17. The average molecular weight is 283 g/mol. The first-order chi connectivity index (χ1) is 7.83. The monoisotopic (exact) mass is 282 g/mol. The van der Waals surface area contributed by atoms with E-state index in [2.05, 4.69) is 0 Å². The number of benzene rings is 1. The highest BCUT2D eigenvalue weighted by Crippen LogP contribution is 2.39. The number of ketones is 1. The van der Waals surface area contributed by atoms with Crippen molar-refractivity contribution < 1.29 is 18.0 Å². The molecule has 0 saturated heterocycles. The van der Waals surface area contributed by atoms with Crippen molar-refractivity contribution >= 4 is 29.1 Å². The van der Waals surface area contributed by atoms with E-state index in [1.807, 2.05) is 0 Å². The van der Waals surface area contributed by atoms with Crippen LogP contribution in [0.15, 0.2) is 23.1 Å². The van der Waals surface area contributed by atoms with Gasteiger partial charge in [-0.3, -0.25) is 4.79 Å². The molecule has 0 unspecified atom stereocenters. The van der Waals surface area contributed by atoms with Crippen LogP contribution >= 0.6 is 23.4 Å². The molecule has 0 heterocycles. The molecule has 1 aromatic carbocycles. The summed E-state index contributed by atoms with van der Waals surface area (Å²) in [5.41, 5.74) is -3.41. The molecule has 0 radical (unpaired) electrons. The topological polar surface area (TPSA) is 17.1 Å². The van der Waals surface area contributed by atoms with Crippen LogP contribution in [0.5, 0.6) is 0 Å². The highest BCUT2D eigenvalue weighted by Gasteiger charge is 2.30. The Balaban J connectivity index is 3.09. The third kappa shape index (κ3) is 4.60. The zero-order valence-corrected chi connectivity index (χ0v) is 10.5. The number of carbonyl (C=O) groups is 1. The smallest absolute Gasteiger partial charge is 0.300 e. The summed E-state index contributed by atoms with van der Waals surface area (Å²) < 4.78 is 36.9. The van der Waals surface area contributed by atoms with E-state index < -0.39 is 5.51 Å². The van der Waals surface area contributed by atoms with Crippen LogP contribution in [0.25, 0.3) is 0 Å². The summed E-state index contributed by atoms with van der Waals surface area (Å²) in [4.78, 5) is 11.1. The quantitative estimate of drug-likeness (QED) is 0.609. The summed E-state index contributed by atoms with van der Waals surface area (Å²) in [5.74, 6) is -0.146. The van der Waals surface area contributed by atoms with Gasteiger partial charge in [-0.2, -0.15) is 13.2 Å². The van der Waals surface area contributed by atoms with Crippen LogP contribution in [0.3, 0.4) is 0 Å². The van der Waals surface area contributed by atoms with Crippen molar-refractivity contribution in [2.45, 2.75) is 29.6 Å². The summed E-state index contributed by atoms with van der Waals surface area (Å²) in [6.45, 7) is 1.39. The van der Waals surface area contributed by atoms with Crippen LogP contribution in [0, 0.1) is 0 Å². The minimum Gasteiger partial charge on any atom is -0.300 e. The Morgan fingerprint density at radius 2 is 2.06 bits per heavy atom. The fourth-order valence-corrected chi connectivity index (χ4v) is 2.53. The van der Waals surface area contributed by atoms with Crippen LogP contribution in [-0.2, 0) is 17.1 Å². The maximum absolute atomic E-state index is 12.3. The number of thioether (sulfide) groups is 1. The van der Waals surface area contributed by atoms with E-state index in [0.29, 0.717) is 11.1 Å². The van der Waals surface area contributed by atoms with E-state index in [1.54, 1.807) is 6.07 Å². The third-order valence-corrected chi connectivity index (χ3v) is 3.13. The van der Waals surface area contributed by atoms with Gasteiger partial charge in [0.2, 0.25) is 0 Å². The second kappa shape index (κ2) is 5.78. The summed E-state index contributed by atoms with van der Waals surface area (Å²) in [7, 11) is 0. The molecule has 0 fully saturated rings. The van der Waals surface area contributed by atoms with Crippen molar-refractivity contribution in [2.24, 2.45) is 0 Å². The molecule has 1 nitrogen and oxygen atoms in total. The van der Waals surface area contributed by atoms with Crippen LogP contribution < -0.4 is 0 Å². The lowest BCUT2D eigenvalue weighted by Crippen LogP contribution is -2.04. The van der Waals surface area contributed by atoms with E-state index in [1.165, 1.54) is 19.1 Å². The van der Waals surface area contributed by atoms with Crippen molar-refractivity contribution in [1.29, 1.82) is 0 Å². The third-order valence-electron chi connectivity index (χ3n) is 2.03. The Hall–Kier alpha value is -0.680. The van der Waals surface area contributed by atoms with Crippen molar-refractivity contribution in [1.82, 2.24) is 0 Å². The molecule has 0 saturated carbocycles. The Labute approximate surface area is 106 Å². The largest absolute Gasteiger partial charge is 0.446 e. The normalized spacial score (nSPS) is 11.6. The maximum Gasteiger partial charge on any atom is 0.446 e. The molecule has 0 spiro atoms. The van der Waals surface area contributed by atoms with Crippen molar-refractivity contribution in [3.8, 4) is 0 Å². The first-order valence-electron chi connectivity index (χ1n) is 4.75. The van der Waals surface area contributed by atoms with Gasteiger partial charge in [0.05, 0.1) is 0 Å². The van der Waals surface area contributed by atoms with Crippen LogP contribution in [0.2, 0.25) is 0 Å². The van der Waals surface area contributed by atoms with Crippen molar-refractivity contribution in [2.75, 3.05) is 0 Å². The van der Waals surface area contributed by atoms with Crippen LogP contribution in [-0.4, -0.2) is 11.3 Å². The molecular weight excluding hydrogens is 273 g/mol. The highest BCUT2D eigenvalue weighted by molar-refractivity contribution is 8.00. The maximum atomic E-state index is 12.3. The Kier molecular flexibility index (Phi) is 4.89. The SMILES string of the molecule is CC(=O)Cc1cccc(SC(F)(F)F)c1CCl. The highest BCUT2D eigenvalue weighted by atomic mass is 35.5. The molecule has 0 bridgehead atoms. The van der Waals surface area contributed by atoms with E-state index >= 15 is 0 Å². The zero-order chi connectivity index (χ0) is 13.1. The van der Waals surface area contributed by atoms with Gasteiger partial charge in [-0.15, -0.1) is 11.6 Å². The molecule has 0 aliphatic carbocycles. The molecule has 1 aromatic rings. The second-order valence-corrected chi connectivity index (χ2v) is 4.83. The van der Waals surface area contributed by atoms with E-state index in [9.17, 15) is 18.0 Å². The van der Waals surface area contributed by atoms with Gasteiger partial charge in [0, 0.05) is 17.2 Å². The van der Waals surface area contributed by atoms with Gasteiger partial charge >= 0.3 is 5.51 Å². The van der Waals surface area contributed by atoms with Gasteiger partial charge in [0.1, 0.15) is 5.78 Å².